The standard InChI is InChI=1S/C16H16Br3N/c1-9-6-10(2)16(15(19)7-9)20-11(3)13-5-4-12(17)8-14(13)18/h4-8,11,20H,1-3H3. The molecule has 0 spiro atoms. The third kappa shape index (κ3) is 3.66. The molecule has 0 saturated carbocycles. The van der Waals surface area contributed by atoms with Gasteiger partial charge in [-0.25, -0.2) is 0 Å². The molecule has 1 atom stereocenters. The normalized spacial score (nSPS) is 12.3. The molecule has 1 unspecified atom stereocenters. The second-order valence-corrected chi connectivity index (χ2v) is 7.59. The maximum Gasteiger partial charge on any atom is 0.0519 e. The van der Waals surface area contributed by atoms with Gasteiger partial charge in [0.25, 0.3) is 0 Å². The quantitative estimate of drug-likeness (QED) is 0.532. The zero-order chi connectivity index (χ0) is 14.9. The van der Waals surface area contributed by atoms with Crippen molar-refractivity contribution < 1.29 is 0 Å². The summed E-state index contributed by atoms with van der Waals surface area (Å²) in [5, 5.41) is 3.59. The van der Waals surface area contributed by atoms with Crippen LogP contribution in [0.3, 0.4) is 0 Å². The first-order valence-corrected chi connectivity index (χ1v) is 8.74. The number of anilines is 1. The van der Waals surface area contributed by atoms with Crippen LogP contribution in [0.2, 0.25) is 0 Å². The molecule has 0 radical (unpaired) electrons. The van der Waals surface area contributed by atoms with E-state index in [1.165, 1.54) is 16.7 Å². The van der Waals surface area contributed by atoms with E-state index in [0.29, 0.717) is 0 Å². The average Bonchev–Trinajstić information content (AvgIpc) is 2.33. The summed E-state index contributed by atoms with van der Waals surface area (Å²) in [6.07, 6.45) is 0. The summed E-state index contributed by atoms with van der Waals surface area (Å²) in [6, 6.07) is 10.8. The molecule has 2 aromatic rings. The summed E-state index contributed by atoms with van der Waals surface area (Å²) < 4.78 is 3.29. The lowest BCUT2D eigenvalue weighted by Crippen LogP contribution is -2.09. The molecule has 1 N–H and O–H groups in total. The van der Waals surface area contributed by atoms with Crippen molar-refractivity contribution in [2.75, 3.05) is 5.32 Å². The van der Waals surface area contributed by atoms with Crippen molar-refractivity contribution in [1.82, 2.24) is 0 Å². The minimum absolute atomic E-state index is 0.218. The van der Waals surface area contributed by atoms with Crippen molar-refractivity contribution in [1.29, 1.82) is 0 Å². The molecule has 0 amide bonds. The van der Waals surface area contributed by atoms with Crippen LogP contribution >= 0.6 is 47.8 Å². The maximum atomic E-state index is 3.65. The lowest BCUT2D eigenvalue weighted by molar-refractivity contribution is 0.874. The van der Waals surface area contributed by atoms with Gasteiger partial charge in [0.15, 0.2) is 0 Å². The molecule has 2 rings (SSSR count). The number of rotatable bonds is 3. The van der Waals surface area contributed by atoms with Crippen LogP contribution in [0.5, 0.6) is 0 Å². The Labute approximate surface area is 145 Å². The molecule has 0 bridgehead atoms. The molecule has 0 saturated heterocycles. The first-order chi connectivity index (χ1) is 9.38. The van der Waals surface area contributed by atoms with E-state index in [2.05, 4.69) is 104 Å². The van der Waals surface area contributed by atoms with Crippen LogP contribution in [0, 0.1) is 13.8 Å². The minimum Gasteiger partial charge on any atom is -0.377 e. The lowest BCUT2D eigenvalue weighted by atomic mass is 10.1. The van der Waals surface area contributed by atoms with Gasteiger partial charge in [-0.3, -0.25) is 0 Å². The van der Waals surface area contributed by atoms with Crippen LogP contribution < -0.4 is 5.32 Å². The van der Waals surface area contributed by atoms with E-state index in [1.54, 1.807) is 0 Å². The Morgan fingerprint density at radius 3 is 2.25 bits per heavy atom. The number of benzene rings is 2. The van der Waals surface area contributed by atoms with Crippen molar-refractivity contribution in [3.8, 4) is 0 Å². The molecule has 0 aliphatic carbocycles. The molecule has 4 heteroatoms. The lowest BCUT2D eigenvalue weighted by Gasteiger charge is -2.20. The van der Waals surface area contributed by atoms with Gasteiger partial charge in [0.2, 0.25) is 0 Å². The first-order valence-electron chi connectivity index (χ1n) is 6.36. The van der Waals surface area contributed by atoms with Gasteiger partial charge in [0.1, 0.15) is 0 Å². The fourth-order valence-electron chi connectivity index (χ4n) is 2.25. The van der Waals surface area contributed by atoms with Gasteiger partial charge >= 0.3 is 0 Å². The van der Waals surface area contributed by atoms with Crippen LogP contribution in [0.15, 0.2) is 43.7 Å². The molecule has 0 heterocycles. The first kappa shape index (κ1) is 16.1. The minimum atomic E-state index is 0.218. The smallest absolute Gasteiger partial charge is 0.0519 e. The van der Waals surface area contributed by atoms with Gasteiger partial charge in [0, 0.05) is 19.5 Å². The summed E-state index contributed by atoms with van der Waals surface area (Å²) in [4.78, 5) is 0. The van der Waals surface area contributed by atoms with Gasteiger partial charge in [-0.2, -0.15) is 0 Å². The van der Waals surface area contributed by atoms with Gasteiger partial charge in [-0.1, -0.05) is 44.0 Å². The third-order valence-corrected chi connectivity index (χ3v) is 5.03. The van der Waals surface area contributed by atoms with E-state index in [-0.39, 0.29) is 6.04 Å². The highest BCUT2D eigenvalue weighted by Crippen LogP contribution is 2.33. The molecule has 0 aliphatic heterocycles. The van der Waals surface area contributed by atoms with Crippen molar-refractivity contribution >= 4 is 53.5 Å². The Hall–Kier alpha value is -0.320. The van der Waals surface area contributed by atoms with E-state index in [9.17, 15) is 0 Å². The topological polar surface area (TPSA) is 12.0 Å². The van der Waals surface area contributed by atoms with Crippen molar-refractivity contribution in [2.45, 2.75) is 26.8 Å². The van der Waals surface area contributed by atoms with E-state index in [4.69, 9.17) is 0 Å². The number of hydrogen-bond acceptors (Lipinski definition) is 1. The van der Waals surface area contributed by atoms with Crippen LogP contribution in [0.25, 0.3) is 0 Å². The Bertz CT molecular complexity index is 615. The van der Waals surface area contributed by atoms with Crippen LogP contribution in [0.1, 0.15) is 29.7 Å². The van der Waals surface area contributed by atoms with Gasteiger partial charge in [0.05, 0.1) is 5.69 Å². The Kier molecular flexibility index (Phi) is 5.32. The third-order valence-electron chi connectivity index (χ3n) is 3.22. The van der Waals surface area contributed by atoms with E-state index in [1.807, 2.05) is 0 Å². The SMILES string of the molecule is Cc1cc(C)c(NC(C)c2ccc(Br)cc2Br)c(Br)c1. The maximum absolute atomic E-state index is 3.65. The number of halogens is 3. The number of aryl methyl sites for hydroxylation is 2. The molecule has 0 aliphatic rings. The fourth-order valence-corrected chi connectivity index (χ4v) is 4.42. The highest BCUT2D eigenvalue weighted by molar-refractivity contribution is 9.11. The largest absolute Gasteiger partial charge is 0.377 e. The molecule has 0 fully saturated rings. The predicted molar refractivity (Wildman–Crippen MR) is 97.5 cm³/mol. The molecular weight excluding hydrogens is 446 g/mol. The van der Waals surface area contributed by atoms with Gasteiger partial charge < -0.3 is 5.32 Å². The van der Waals surface area contributed by atoms with Crippen molar-refractivity contribution in [3.63, 3.8) is 0 Å². The summed E-state index contributed by atoms with van der Waals surface area (Å²) in [5.74, 6) is 0. The number of hydrogen-bond donors (Lipinski definition) is 1. The highest BCUT2D eigenvalue weighted by Gasteiger charge is 2.13. The zero-order valence-electron chi connectivity index (χ0n) is 11.6. The average molecular weight is 462 g/mol. The molecule has 1 nitrogen and oxygen atoms in total. The van der Waals surface area contributed by atoms with Gasteiger partial charge in [-0.05, 0) is 71.6 Å². The Balaban J connectivity index is 2.30. The van der Waals surface area contributed by atoms with Gasteiger partial charge in [-0.15, -0.1) is 0 Å². The second-order valence-electron chi connectivity index (χ2n) is 4.97. The van der Waals surface area contributed by atoms with E-state index in [0.717, 1.165) is 19.1 Å². The Morgan fingerprint density at radius 1 is 0.950 bits per heavy atom. The predicted octanol–water partition coefficient (Wildman–Crippen LogP) is 6.76. The van der Waals surface area contributed by atoms with Crippen molar-refractivity contribution in [2.24, 2.45) is 0 Å². The molecule has 0 aromatic heterocycles. The second kappa shape index (κ2) is 6.63. The summed E-state index contributed by atoms with van der Waals surface area (Å²) >= 11 is 10.8. The van der Waals surface area contributed by atoms with E-state index >= 15 is 0 Å². The number of nitrogens with one attached hydrogen (secondary N) is 1. The summed E-state index contributed by atoms with van der Waals surface area (Å²) in [6.45, 7) is 6.40. The van der Waals surface area contributed by atoms with Crippen molar-refractivity contribution in [3.05, 3.63) is 60.4 Å². The Morgan fingerprint density at radius 2 is 1.65 bits per heavy atom. The fraction of sp³-hybridized carbons (Fsp3) is 0.250. The molecule has 2 aromatic carbocycles. The summed E-state index contributed by atoms with van der Waals surface area (Å²) in [7, 11) is 0. The molecule has 106 valence electrons. The monoisotopic (exact) mass is 459 g/mol. The summed E-state index contributed by atoms with van der Waals surface area (Å²) in [5.41, 5.74) is 4.90. The van der Waals surface area contributed by atoms with E-state index < -0.39 is 0 Å². The molecular formula is C16H16Br3N. The van der Waals surface area contributed by atoms with Crippen LogP contribution in [-0.4, -0.2) is 0 Å². The zero-order valence-corrected chi connectivity index (χ0v) is 16.4. The van der Waals surface area contributed by atoms with Crippen LogP contribution in [-0.2, 0) is 0 Å². The molecule has 20 heavy (non-hydrogen) atoms. The van der Waals surface area contributed by atoms with Crippen LogP contribution in [0.4, 0.5) is 5.69 Å². The highest BCUT2D eigenvalue weighted by atomic mass is 79.9.